The minimum absolute atomic E-state index is 0.0785. The lowest BCUT2D eigenvalue weighted by atomic mass is 10.0. The van der Waals surface area contributed by atoms with Crippen molar-refractivity contribution in [3.63, 3.8) is 0 Å². The van der Waals surface area contributed by atoms with Crippen molar-refractivity contribution in [2.45, 2.75) is 31.7 Å². The van der Waals surface area contributed by atoms with E-state index in [0.29, 0.717) is 0 Å². The van der Waals surface area contributed by atoms with E-state index in [1.165, 1.54) is 7.11 Å². The molecular weight excluding hydrogens is 188 g/mol. The second-order valence-corrected chi connectivity index (χ2v) is 3.95. The van der Waals surface area contributed by atoms with Crippen molar-refractivity contribution in [2.75, 3.05) is 20.3 Å². The van der Waals surface area contributed by atoms with Crippen LogP contribution in [0.4, 0.5) is 0 Å². The Kier molecular flexibility index (Phi) is 3.14. The van der Waals surface area contributed by atoms with Gasteiger partial charge in [-0.25, -0.2) is 0 Å². The van der Waals surface area contributed by atoms with Crippen LogP contribution in [0.5, 0.6) is 0 Å². The Balaban J connectivity index is 2.49. The Hall–Kier alpha value is -0.650. The SMILES string of the molecule is COC(=O)CC1(O)COC(C)(C)OC1. The molecule has 1 heterocycles. The monoisotopic (exact) mass is 204 g/mol. The molecule has 0 aliphatic carbocycles. The summed E-state index contributed by atoms with van der Waals surface area (Å²) in [5, 5.41) is 9.85. The van der Waals surface area contributed by atoms with E-state index in [9.17, 15) is 9.90 Å². The maximum atomic E-state index is 11.0. The third-order valence-electron chi connectivity index (χ3n) is 2.08. The zero-order chi connectivity index (χ0) is 10.8. The van der Waals surface area contributed by atoms with Crippen LogP contribution in [0, 0.1) is 0 Å². The van der Waals surface area contributed by atoms with Crippen LogP contribution >= 0.6 is 0 Å². The number of carbonyl (C=O) groups excluding carboxylic acids is 1. The minimum Gasteiger partial charge on any atom is -0.469 e. The van der Waals surface area contributed by atoms with Gasteiger partial charge >= 0.3 is 5.97 Å². The van der Waals surface area contributed by atoms with Crippen LogP contribution in [0.15, 0.2) is 0 Å². The van der Waals surface area contributed by atoms with Crippen molar-refractivity contribution in [3.05, 3.63) is 0 Å². The van der Waals surface area contributed by atoms with Crippen LogP contribution in [0.2, 0.25) is 0 Å². The van der Waals surface area contributed by atoms with Crippen LogP contribution in [0.1, 0.15) is 20.3 Å². The van der Waals surface area contributed by atoms with Crippen molar-refractivity contribution < 1.29 is 24.1 Å². The first kappa shape index (κ1) is 11.4. The number of hydrogen-bond donors (Lipinski definition) is 1. The van der Waals surface area contributed by atoms with E-state index in [1.54, 1.807) is 13.8 Å². The third kappa shape index (κ3) is 2.94. The van der Waals surface area contributed by atoms with E-state index in [1.807, 2.05) is 0 Å². The van der Waals surface area contributed by atoms with Crippen LogP contribution in [0.3, 0.4) is 0 Å². The Morgan fingerprint density at radius 3 is 2.36 bits per heavy atom. The summed E-state index contributed by atoms with van der Waals surface area (Å²) in [7, 11) is 1.28. The topological polar surface area (TPSA) is 65.0 Å². The van der Waals surface area contributed by atoms with E-state index in [-0.39, 0.29) is 19.6 Å². The summed E-state index contributed by atoms with van der Waals surface area (Å²) < 4.78 is 15.0. The smallest absolute Gasteiger partial charge is 0.308 e. The highest BCUT2D eigenvalue weighted by molar-refractivity contribution is 5.70. The fraction of sp³-hybridized carbons (Fsp3) is 0.889. The number of carbonyl (C=O) groups is 1. The molecule has 1 saturated heterocycles. The van der Waals surface area contributed by atoms with E-state index in [0.717, 1.165) is 0 Å². The lowest BCUT2D eigenvalue weighted by Gasteiger charge is -2.39. The average Bonchev–Trinajstić information content (AvgIpc) is 2.11. The molecule has 1 fully saturated rings. The summed E-state index contributed by atoms with van der Waals surface area (Å²) in [6.07, 6.45) is -0.112. The molecule has 1 N–H and O–H groups in total. The molecule has 0 saturated carbocycles. The summed E-state index contributed by atoms with van der Waals surface area (Å²) in [5.74, 6) is -1.16. The Labute approximate surface area is 82.9 Å². The zero-order valence-corrected chi connectivity index (χ0v) is 8.70. The van der Waals surface area contributed by atoms with Gasteiger partial charge in [0.25, 0.3) is 0 Å². The van der Waals surface area contributed by atoms with Gasteiger partial charge in [-0.1, -0.05) is 0 Å². The number of esters is 1. The fourth-order valence-corrected chi connectivity index (χ4v) is 1.14. The standard InChI is InChI=1S/C9H16O5/c1-8(2)13-5-9(11,6-14-8)4-7(10)12-3/h11H,4-6H2,1-3H3. The van der Waals surface area contributed by atoms with Gasteiger partial charge in [0.2, 0.25) is 0 Å². The summed E-state index contributed by atoms with van der Waals surface area (Å²) >= 11 is 0. The Bertz CT molecular complexity index is 213. The van der Waals surface area contributed by atoms with Crippen molar-refractivity contribution in [3.8, 4) is 0 Å². The predicted octanol–water partition coefficient (Wildman–Crippen LogP) is 0.0635. The second-order valence-electron chi connectivity index (χ2n) is 3.95. The number of rotatable bonds is 2. The van der Waals surface area contributed by atoms with Gasteiger partial charge in [0, 0.05) is 0 Å². The summed E-state index contributed by atoms with van der Waals surface area (Å²) in [6.45, 7) is 3.67. The van der Waals surface area contributed by atoms with Crippen LogP contribution in [0.25, 0.3) is 0 Å². The molecular formula is C9H16O5. The zero-order valence-electron chi connectivity index (χ0n) is 8.70. The molecule has 1 rings (SSSR count). The molecule has 82 valence electrons. The normalized spacial score (nSPS) is 24.3. The number of methoxy groups -OCH3 is 1. The number of ether oxygens (including phenoxy) is 3. The molecule has 0 radical (unpaired) electrons. The summed E-state index contributed by atoms with van der Waals surface area (Å²) in [5.41, 5.74) is -1.26. The van der Waals surface area contributed by atoms with Gasteiger partial charge in [0.1, 0.15) is 5.60 Å². The lowest BCUT2D eigenvalue weighted by Crippen LogP contribution is -2.52. The van der Waals surface area contributed by atoms with E-state index in [2.05, 4.69) is 4.74 Å². The summed E-state index contributed by atoms with van der Waals surface area (Å²) in [6, 6.07) is 0. The molecule has 0 atom stereocenters. The molecule has 1 aliphatic rings. The first-order valence-corrected chi connectivity index (χ1v) is 4.44. The lowest BCUT2D eigenvalue weighted by molar-refractivity contribution is -0.301. The minimum atomic E-state index is -1.26. The Morgan fingerprint density at radius 2 is 1.93 bits per heavy atom. The number of hydrogen-bond acceptors (Lipinski definition) is 5. The molecule has 1 aliphatic heterocycles. The Morgan fingerprint density at radius 1 is 1.43 bits per heavy atom. The van der Waals surface area contributed by atoms with Crippen LogP contribution in [-0.2, 0) is 19.0 Å². The molecule has 0 aromatic heterocycles. The van der Waals surface area contributed by atoms with Gasteiger partial charge in [-0.2, -0.15) is 0 Å². The second kappa shape index (κ2) is 3.84. The molecule has 5 nitrogen and oxygen atoms in total. The maximum absolute atomic E-state index is 11.0. The molecule has 0 bridgehead atoms. The quantitative estimate of drug-likeness (QED) is 0.644. The third-order valence-corrected chi connectivity index (χ3v) is 2.08. The molecule has 0 amide bonds. The highest BCUT2D eigenvalue weighted by atomic mass is 16.7. The molecule has 0 spiro atoms. The van der Waals surface area contributed by atoms with Gasteiger partial charge < -0.3 is 19.3 Å². The van der Waals surface area contributed by atoms with Gasteiger partial charge in [-0.15, -0.1) is 0 Å². The molecule has 0 unspecified atom stereocenters. The van der Waals surface area contributed by atoms with Crippen LogP contribution in [-0.4, -0.2) is 42.8 Å². The van der Waals surface area contributed by atoms with E-state index < -0.39 is 17.4 Å². The largest absolute Gasteiger partial charge is 0.469 e. The highest BCUT2D eigenvalue weighted by Gasteiger charge is 2.40. The van der Waals surface area contributed by atoms with Crippen LogP contribution < -0.4 is 0 Å². The highest BCUT2D eigenvalue weighted by Crippen LogP contribution is 2.25. The maximum Gasteiger partial charge on any atom is 0.308 e. The van der Waals surface area contributed by atoms with Crippen molar-refractivity contribution in [1.29, 1.82) is 0 Å². The molecule has 0 aromatic carbocycles. The average molecular weight is 204 g/mol. The van der Waals surface area contributed by atoms with Gasteiger partial charge in [0.05, 0.1) is 26.7 Å². The summed E-state index contributed by atoms with van der Waals surface area (Å²) in [4.78, 5) is 11.0. The van der Waals surface area contributed by atoms with E-state index >= 15 is 0 Å². The first-order valence-electron chi connectivity index (χ1n) is 4.44. The van der Waals surface area contributed by atoms with Crippen molar-refractivity contribution in [1.82, 2.24) is 0 Å². The van der Waals surface area contributed by atoms with Gasteiger partial charge in [0.15, 0.2) is 5.79 Å². The number of aliphatic hydroxyl groups is 1. The van der Waals surface area contributed by atoms with E-state index in [4.69, 9.17) is 9.47 Å². The van der Waals surface area contributed by atoms with Gasteiger partial charge in [-0.05, 0) is 13.8 Å². The van der Waals surface area contributed by atoms with Crippen molar-refractivity contribution in [2.24, 2.45) is 0 Å². The predicted molar refractivity (Wildman–Crippen MR) is 47.6 cm³/mol. The first-order chi connectivity index (χ1) is 6.37. The molecule has 5 heteroatoms. The fourth-order valence-electron chi connectivity index (χ4n) is 1.14. The molecule has 14 heavy (non-hydrogen) atoms. The van der Waals surface area contributed by atoms with Crippen molar-refractivity contribution >= 4 is 5.97 Å². The molecule has 0 aromatic rings. The van der Waals surface area contributed by atoms with Gasteiger partial charge in [-0.3, -0.25) is 4.79 Å².